The summed E-state index contributed by atoms with van der Waals surface area (Å²) < 4.78 is 1.78. The zero-order valence-corrected chi connectivity index (χ0v) is 11.1. The van der Waals surface area contributed by atoms with E-state index in [1.165, 1.54) is 0 Å². The first-order valence-corrected chi connectivity index (χ1v) is 6.45. The van der Waals surface area contributed by atoms with Crippen molar-refractivity contribution in [3.8, 4) is 11.4 Å². The molecule has 1 aliphatic carbocycles. The Labute approximate surface area is 111 Å². The van der Waals surface area contributed by atoms with E-state index in [9.17, 15) is 4.79 Å². The van der Waals surface area contributed by atoms with Crippen molar-refractivity contribution in [2.75, 3.05) is 0 Å². The lowest BCUT2D eigenvalue weighted by atomic mass is 10.2. The molecule has 2 aromatic heterocycles. The number of rotatable bonds is 4. The van der Waals surface area contributed by atoms with Crippen LogP contribution in [0.15, 0.2) is 18.5 Å². The molecule has 6 nitrogen and oxygen atoms in total. The molecule has 19 heavy (non-hydrogen) atoms. The van der Waals surface area contributed by atoms with Crippen molar-refractivity contribution in [2.45, 2.75) is 19.9 Å². The van der Waals surface area contributed by atoms with Gasteiger partial charge in [0, 0.05) is 31.3 Å². The normalized spacial score (nSPS) is 21.4. The molecular formula is C13H17N5O. The van der Waals surface area contributed by atoms with Gasteiger partial charge in [-0.05, 0) is 18.4 Å². The van der Waals surface area contributed by atoms with E-state index in [0.717, 1.165) is 23.4 Å². The first kappa shape index (κ1) is 12.0. The first-order chi connectivity index (χ1) is 9.16. The van der Waals surface area contributed by atoms with Crippen molar-refractivity contribution in [2.24, 2.45) is 18.9 Å². The molecule has 0 spiro atoms. The number of amides is 1. The van der Waals surface area contributed by atoms with E-state index in [2.05, 4.69) is 27.5 Å². The third-order valence-electron chi connectivity index (χ3n) is 3.69. The Morgan fingerprint density at radius 1 is 1.63 bits per heavy atom. The molecule has 0 aromatic carbocycles. The van der Waals surface area contributed by atoms with Crippen molar-refractivity contribution < 1.29 is 4.79 Å². The fraction of sp³-hybridized carbons (Fsp3) is 0.462. The first-order valence-electron chi connectivity index (χ1n) is 6.45. The lowest BCUT2D eigenvalue weighted by Gasteiger charge is -2.05. The van der Waals surface area contributed by atoms with Crippen LogP contribution in [0.5, 0.6) is 0 Å². The Hall–Kier alpha value is -2.11. The Kier molecular flexibility index (Phi) is 2.85. The zero-order valence-electron chi connectivity index (χ0n) is 11.1. The van der Waals surface area contributed by atoms with Crippen LogP contribution >= 0.6 is 0 Å². The smallest absolute Gasteiger partial charge is 0.223 e. The molecule has 6 heteroatoms. The minimum Gasteiger partial charge on any atom is -0.352 e. The van der Waals surface area contributed by atoms with Crippen LogP contribution in [0.1, 0.15) is 18.9 Å². The van der Waals surface area contributed by atoms with Gasteiger partial charge in [0.15, 0.2) is 0 Å². The van der Waals surface area contributed by atoms with Crippen LogP contribution < -0.4 is 5.32 Å². The highest BCUT2D eigenvalue weighted by Crippen LogP contribution is 2.37. The predicted molar refractivity (Wildman–Crippen MR) is 69.9 cm³/mol. The molecule has 0 saturated heterocycles. The summed E-state index contributed by atoms with van der Waals surface area (Å²) in [5, 5.41) is 14.1. The summed E-state index contributed by atoms with van der Waals surface area (Å²) in [4.78, 5) is 11.8. The van der Waals surface area contributed by atoms with Gasteiger partial charge in [0.25, 0.3) is 0 Å². The molecule has 2 N–H and O–H groups in total. The highest BCUT2D eigenvalue weighted by molar-refractivity contribution is 5.81. The number of nitrogens with zero attached hydrogens (tertiary/aromatic N) is 3. The van der Waals surface area contributed by atoms with Crippen molar-refractivity contribution >= 4 is 5.91 Å². The SMILES string of the molecule is CC1CC1C(=O)NCc1cn[nH]c1-c1ccnn1C. The average Bonchev–Trinajstić information content (AvgIpc) is 2.78. The second-order valence-corrected chi connectivity index (χ2v) is 5.15. The predicted octanol–water partition coefficient (Wildman–Crippen LogP) is 1.08. The molecule has 1 amide bonds. The van der Waals surface area contributed by atoms with Crippen LogP contribution in [0.3, 0.4) is 0 Å². The van der Waals surface area contributed by atoms with Crippen LogP contribution in [-0.2, 0) is 18.4 Å². The van der Waals surface area contributed by atoms with Crippen molar-refractivity contribution in [3.05, 3.63) is 24.0 Å². The van der Waals surface area contributed by atoms with E-state index in [1.807, 2.05) is 13.1 Å². The van der Waals surface area contributed by atoms with Crippen LogP contribution in [-0.4, -0.2) is 25.9 Å². The number of nitrogens with one attached hydrogen (secondary N) is 2. The third kappa shape index (κ3) is 2.25. The van der Waals surface area contributed by atoms with Crippen molar-refractivity contribution in [1.82, 2.24) is 25.3 Å². The second kappa shape index (κ2) is 4.53. The van der Waals surface area contributed by atoms with E-state index < -0.39 is 0 Å². The van der Waals surface area contributed by atoms with Gasteiger partial charge in [0.2, 0.25) is 5.91 Å². The maximum atomic E-state index is 11.8. The van der Waals surface area contributed by atoms with Gasteiger partial charge >= 0.3 is 0 Å². The van der Waals surface area contributed by atoms with Gasteiger partial charge in [-0.15, -0.1) is 0 Å². The van der Waals surface area contributed by atoms with Gasteiger partial charge in [-0.1, -0.05) is 6.92 Å². The number of aromatic nitrogens is 4. The van der Waals surface area contributed by atoms with Crippen LogP contribution in [0.25, 0.3) is 11.4 Å². The second-order valence-electron chi connectivity index (χ2n) is 5.15. The fourth-order valence-corrected chi connectivity index (χ4v) is 2.29. The maximum absolute atomic E-state index is 11.8. The summed E-state index contributed by atoms with van der Waals surface area (Å²) in [5.41, 5.74) is 2.84. The Morgan fingerprint density at radius 3 is 3.05 bits per heavy atom. The van der Waals surface area contributed by atoms with Crippen molar-refractivity contribution in [3.63, 3.8) is 0 Å². The van der Waals surface area contributed by atoms with Crippen LogP contribution in [0.2, 0.25) is 0 Å². The fourth-order valence-electron chi connectivity index (χ4n) is 2.29. The Balaban J connectivity index is 1.71. The number of carbonyl (C=O) groups is 1. The number of hydrogen-bond donors (Lipinski definition) is 2. The standard InChI is InChI=1S/C13H17N5O/c1-8-5-10(8)13(19)14-6-9-7-15-17-12(9)11-3-4-16-18(11)2/h3-4,7-8,10H,5-6H2,1-2H3,(H,14,19)(H,15,17). The molecule has 2 aromatic rings. The van der Waals surface area contributed by atoms with E-state index in [4.69, 9.17) is 0 Å². The van der Waals surface area contributed by atoms with E-state index in [1.54, 1.807) is 17.1 Å². The van der Waals surface area contributed by atoms with E-state index >= 15 is 0 Å². The number of H-pyrrole nitrogens is 1. The summed E-state index contributed by atoms with van der Waals surface area (Å²) in [6, 6.07) is 1.92. The molecule has 2 unspecified atom stereocenters. The van der Waals surface area contributed by atoms with Crippen LogP contribution in [0.4, 0.5) is 0 Å². The number of hydrogen-bond acceptors (Lipinski definition) is 3. The van der Waals surface area contributed by atoms with Gasteiger partial charge in [-0.25, -0.2) is 0 Å². The lowest BCUT2D eigenvalue weighted by molar-refractivity contribution is -0.122. The van der Waals surface area contributed by atoms with Gasteiger partial charge in [0.05, 0.1) is 17.6 Å². The van der Waals surface area contributed by atoms with Gasteiger partial charge in [0.1, 0.15) is 0 Å². The van der Waals surface area contributed by atoms with Gasteiger partial charge in [-0.2, -0.15) is 10.2 Å². The molecule has 1 fully saturated rings. The quantitative estimate of drug-likeness (QED) is 0.862. The number of carbonyl (C=O) groups excluding carboxylic acids is 1. The number of aryl methyl sites for hydroxylation is 1. The van der Waals surface area contributed by atoms with Crippen molar-refractivity contribution in [1.29, 1.82) is 0 Å². The van der Waals surface area contributed by atoms with E-state index in [-0.39, 0.29) is 11.8 Å². The molecule has 2 heterocycles. The molecule has 0 aliphatic heterocycles. The van der Waals surface area contributed by atoms with Crippen LogP contribution in [0, 0.1) is 11.8 Å². The average molecular weight is 259 g/mol. The Morgan fingerprint density at radius 2 is 2.42 bits per heavy atom. The molecule has 2 atom stereocenters. The highest BCUT2D eigenvalue weighted by atomic mass is 16.2. The largest absolute Gasteiger partial charge is 0.352 e. The summed E-state index contributed by atoms with van der Waals surface area (Å²) in [6.45, 7) is 2.60. The summed E-state index contributed by atoms with van der Waals surface area (Å²) in [6.07, 6.45) is 4.50. The third-order valence-corrected chi connectivity index (χ3v) is 3.69. The monoisotopic (exact) mass is 259 g/mol. The summed E-state index contributed by atoms with van der Waals surface area (Å²) in [7, 11) is 1.88. The van der Waals surface area contributed by atoms with Gasteiger partial charge in [-0.3, -0.25) is 14.6 Å². The molecule has 3 rings (SSSR count). The molecule has 1 aliphatic rings. The number of aromatic amines is 1. The van der Waals surface area contributed by atoms with Gasteiger partial charge < -0.3 is 5.32 Å². The lowest BCUT2D eigenvalue weighted by Crippen LogP contribution is -2.25. The molecular weight excluding hydrogens is 242 g/mol. The minimum atomic E-state index is 0.143. The molecule has 100 valence electrons. The minimum absolute atomic E-state index is 0.143. The Bertz CT molecular complexity index is 600. The zero-order chi connectivity index (χ0) is 13.4. The maximum Gasteiger partial charge on any atom is 0.223 e. The molecule has 0 radical (unpaired) electrons. The molecule has 1 saturated carbocycles. The van der Waals surface area contributed by atoms with E-state index in [0.29, 0.717) is 12.5 Å². The topological polar surface area (TPSA) is 75.6 Å². The summed E-state index contributed by atoms with van der Waals surface area (Å²) >= 11 is 0. The highest BCUT2D eigenvalue weighted by Gasteiger charge is 2.38. The molecule has 0 bridgehead atoms. The summed E-state index contributed by atoms with van der Waals surface area (Å²) in [5.74, 6) is 0.873.